The highest BCUT2D eigenvalue weighted by Crippen LogP contribution is 2.19. The van der Waals surface area contributed by atoms with Crippen LogP contribution in [0.5, 0.6) is 5.75 Å². The molecule has 8 nitrogen and oxygen atoms in total. The van der Waals surface area contributed by atoms with Crippen molar-refractivity contribution in [1.29, 1.82) is 0 Å². The number of fused-ring (bicyclic) bond motifs is 1. The number of carbonyl (C=O) groups is 1. The van der Waals surface area contributed by atoms with Crippen molar-refractivity contribution in [2.45, 2.75) is 33.4 Å². The number of nitrogens with zero attached hydrogens (tertiary/aromatic N) is 4. The molecule has 8 heteroatoms. The van der Waals surface area contributed by atoms with Gasteiger partial charge < -0.3 is 10.1 Å². The van der Waals surface area contributed by atoms with E-state index in [9.17, 15) is 9.59 Å². The van der Waals surface area contributed by atoms with Gasteiger partial charge in [0, 0.05) is 29.4 Å². The van der Waals surface area contributed by atoms with Crippen molar-refractivity contribution >= 4 is 17.4 Å². The zero-order valence-corrected chi connectivity index (χ0v) is 17.6. The number of aromatic nitrogens is 4. The molecule has 4 rings (SSSR count). The van der Waals surface area contributed by atoms with Gasteiger partial charge in [-0.1, -0.05) is 23.8 Å². The minimum Gasteiger partial charge on any atom is -0.487 e. The van der Waals surface area contributed by atoms with Crippen LogP contribution in [0.3, 0.4) is 0 Å². The van der Waals surface area contributed by atoms with Gasteiger partial charge in [-0.2, -0.15) is 9.50 Å². The fourth-order valence-corrected chi connectivity index (χ4v) is 3.14. The van der Waals surface area contributed by atoms with Crippen LogP contribution < -0.4 is 15.6 Å². The summed E-state index contributed by atoms with van der Waals surface area (Å²) in [6.45, 7) is 6.01. The molecule has 2 aromatic heterocycles. The predicted octanol–water partition coefficient (Wildman–Crippen LogP) is 3.61. The minimum absolute atomic E-state index is 0.0875. The van der Waals surface area contributed by atoms with E-state index in [-0.39, 0.29) is 24.1 Å². The molecule has 0 aliphatic heterocycles. The second-order valence-electron chi connectivity index (χ2n) is 7.55. The highest BCUT2D eigenvalue weighted by atomic mass is 16.5. The molecule has 0 spiro atoms. The van der Waals surface area contributed by atoms with Gasteiger partial charge in [0.1, 0.15) is 18.7 Å². The molecule has 1 N–H and O–H groups in total. The number of rotatable bonds is 6. The first-order valence-electron chi connectivity index (χ1n) is 9.97. The summed E-state index contributed by atoms with van der Waals surface area (Å²) in [6.07, 6.45) is 1.60. The van der Waals surface area contributed by atoms with Crippen LogP contribution >= 0.6 is 0 Å². The summed E-state index contributed by atoms with van der Waals surface area (Å²) in [5, 5.41) is 2.86. The van der Waals surface area contributed by atoms with Crippen molar-refractivity contribution in [1.82, 2.24) is 19.2 Å². The Bertz CT molecular complexity index is 1290. The molecule has 0 bridgehead atoms. The zero-order chi connectivity index (χ0) is 22.0. The lowest BCUT2D eigenvalue weighted by atomic mass is 10.1. The fourth-order valence-electron chi connectivity index (χ4n) is 3.14. The van der Waals surface area contributed by atoms with Crippen molar-refractivity contribution in [2.24, 2.45) is 0 Å². The molecule has 0 radical (unpaired) electrons. The Morgan fingerprint density at radius 2 is 1.90 bits per heavy atom. The molecule has 0 saturated heterocycles. The smallest absolute Gasteiger partial charge is 0.274 e. The van der Waals surface area contributed by atoms with Gasteiger partial charge >= 0.3 is 0 Å². The first-order chi connectivity index (χ1) is 14.9. The standard InChI is InChI=1S/C23H23N5O3/c1-15(2)27-14-24-23-26-19(12-21(29)28(23)27)13-31-20-6-4-5-18(11-20)25-22(30)17-9-7-16(3)8-10-17/h4-12,14-15H,13H2,1-3H3,(H,25,30). The van der Waals surface area contributed by atoms with E-state index in [1.54, 1.807) is 47.4 Å². The molecule has 0 unspecified atom stereocenters. The Morgan fingerprint density at radius 1 is 1.13 bits per heavy atom. The van der Waals surface area contributed by atoms with Gasteiger partial charge in [0.25, 0.3) is 17.2 Å². The summed E-state index contributed by atoms with van der Waals surface area (Å²) < 4.78 is 8.97. The van der Waals surface area contributed by atoms with Gasteiger partial charge in [-0.3, -0.25) is 14.3 Å². The molecule has 0 saturated carbocycles. The Labute approximate surface area is 179 Å². The van der Waals surface area contributed by atoms with Gasteiger partial charge in [0.05, 0.1) is 5.69 Å². The van der Waals surface area contributed by atoms with Crippen LogP contribution in [-0.4, -0.2) is 25.1 Å². The number of hydrogen-bond donors (Lipinski definition) is 1. The lowest BCUT2D eigenvalue weighted by molar-refractivity contribution is 0.102. The molecule has 158 valence electrons. The van der Waals surface area contributed by atoms with E-state index in [1.807, 2.05) is 32.9 Å². The molecule has 2 aromatic carbocycles. The molecule has 0 atom stereocenters. The van der Waals surface area contributed by atoms with Crippen molar-refractivity contribution < 1.29 is 9.53 Å². The van der Waals surface area contributed by atoms with Crippen LogP contribution in [0.4, 0.5) is 5.69 Å². The Balaban J connectivity index is 1.46. The monoisotopic (exact) mass is 417 g/mol. The highest BCUT2D eigenvalue weighted by molar-refractivity contribution is 6.04. The third-order valence-electron chi connectivity index (χ3n) is 4.78. The number of benzene rings is 2. The fraction of sp³-hybridized carbons (Fsp3) is 0.217. The first kappa shape index (κ1) is 20.3. The van der Waals surface area contributed by atoms with Gasteiger partial charge in [-0.25, -0.2) is 4.98 Å². The van der Waals surface area contributed by atoms with Crippen LogP contribution in [0.15, 0.2) is 65.7 Å². The molecule has 0 aliphatic rings. The maximum absolute atomic E-state index is 12.5. The topological polar surface area (TPSA) is 90.5 Å². The Kier molecular flexibility index (Phi) is 5.53. The van der Waals surface area contributed by atoms with E-state index in [0.29, 0.717) is 28.5 Å². The van der Waals surface area contributed by atoms with Crippen molar-refractivity contribution in [2.75, 3.05) is 5.32 Å². The average Bonchev–Trinajstić information content (AvgIpc) is 3.18. The summed E-state index contributed by atoms with van der Waals surface area (Å²) in [6, 6.07) is 16.0. The Hall–Kier alpha value is -3.94. The second kappa shape index (κ2) is 8.43. The van der Waals surface area contributed by atoms with E-state index in [0.717, 1.165) is 5.56 Å². The third kappa shape index (κ3) is 4.48. The summed E-state index contributed by atoms with van der Waals surface area (Å²) in [7, 11) is 0. The van der Waals surface area contributed by atoms with Crippen LogP contribution in [0.25, 0.3) is 5.78 Å². The van der Waals surface area contributed by atoms with E-state index in [1.165, 1.54) is 10.6 Å². The number of nitrogens with one attached hydrogen (secondary N) is 1. The van der Waals surface area contributed by atoms with E-state index >= 15 is 0 Å². The van der Waals surface area contributed by atoms with Gasteiger partial charge in [-0.05, 0) is 45.0 Å². The van der Waals surface area contributed by atoms with E-state index in [2.05, 4.69) is 15.3 Å². The van der Waals surface area contributed by atoms with Crippen LogP contribution in [-0.2, 0) is 6.61 Å². The minimum atomic E-state index is -0.214. The molecular weight excluding hydrogens is 394 g/mol. The number of anilines is 1. The van der Waals surface area contributed by atoms with E-state index < -0.39 is 0 Å². The third-order valence-corrected chi connectivity index (χ3v) is 4.78. The number of hydrogen-bond acceptors (Lipinski definition) is 5. The SMILES string of the molecule is Cc1ccc(C(=O)Nc2cccc(OCc3cc(=O)n4c(ncn4C(C)C)n3)c2)cc1. The van der Waals surface area contributed by atoms with Crippen LogP contribution in [0.1, 0.15) is 41.5 Å². The molecule has 0 aliphatic carbocycles. The normalized spacial score (nSPS) is 11.1. The first-order valence-corrected chi connectivity index (χ1v) is 9.97. The number of aryl methyl sites for hydroxylation is 1. The van der Waals surface area contributed by atoms with Gasteiger partial charge in [0.15, 0.2) is 0 Å². The average molecular weight is 417 g/mol. The molecule has 31 heavy (non-hydrogen) atoms. The summed E-state index contributed by atoms with van der Waals surface area (Å²) in [4.78, 5) is 33.5. The Morgan fingerprint density at radius 3 is 2.65 bits per heavy atom. The molecule has 0 fully saturated rings. The lowest BCUT2D eigenvalue weighted by Crippen LogP contribution is -2.23. The number of amides is 1. The predicted molar refractivity (Wildman–Crippen MR) is 118 cm³/mol. The maximum atomic E-state index is 12.5. The van der Waals surface area contributed by atoms with Crippen molar-refractivity contribution in [3.8, 4) is 5.75 Å². The van der Waals surface area contributed by atoms with E-state index in [4.69, 9.17) is 4.74 Å². The molecule has 4 aromatic rings. The van der Waals surface area contributed by atoms with Gasteiger partial charge in [-0.15, -0.1) is 0 Å². The molecular formula is C23H23N5O3. The number of ether oxygens (including phenoxy) is 1. The molecule has 2 heterocycles. The highest BCUT2D eigenvalue weighted by Gasteiger charge is 2.11. The second-order valence-corrected chi connectivity index (χ2v) is 7.55. The van der Waals surface area contributed by atoms with Crippen molar-refractivity contribution in [3.63, 3.8) is 0 Å². The lowest BCUT2D eigenvalue weighted by Gasteiger charge is -2.10. The van der Waals surface area contributed by atoms with Gasteiger partial charge in [0.2, 0.25) is 0 Å². The largest absolute Gasteiger partial charge is 0.487 e. The zero-order valence-electron chi connectivity index (χ0n) is 17.6. The van der Waals surface area contributed by atoms with Crippen LogP contribution in [0, 0.1) is 6.92 Å². The maximum Gasteiger partial charge on any atom is 0.274 e. The van der Waals surface area contributed by atoms with Crippen LogP contribution in [0.2, 0.25) is 0 Å². The summed E-state index contributed by atoms with van der Waals surface area (Å²) in [5.41, 5.74) is 2.55. The number of carbonyl (C=O) groups excluding carboxylic acids is 1. The molecule has 1 amide bonds. The van der Waals surface area contributed by atoms with Crippen molar-refractivity contribution in [3.05, 3.63) is 88.1 Å². The summed E-state index contributed by atoms with van der Waals surface area (Å²) >= 11 is 0. The summed E-state index contributed by atoms with van der Waals surface area (Å²) in [5.74, 6) is 0.688. The quantitative estimate of drug-likeness (QED) is 0.518.